The SMILES string of the molecule is COC(=O)c1cc(-c2ccc(C34CCN(C(=O)O)CC3C4(F)F)cc2)cc(-n2cc(-c3ccc(C(F)(F)F)cc3)nn2)c1. The zero-order valence-electron chi connectivity index (χ0n) is 22.5. The van der Waals surface area contributed by atoms with Gasteiger partial charge in [0.05, 0.1) is 41.5 Å². The van der Waals surface area contributed by atoms with E-state index < -0.39 is 41.1 Å². The van der Waals surface area contributed by atoms with E-state index in [1.165, 1.54) is 36.2 Å². The zero-order chi connectivity index (χ0) is 30.7. The molecule has 1 aliphatic heterocycles. The minimum absolute atomic E-state index is 0.00581. The summed E-state index contributed by atoms with van der Waals surface area (Å²) in [6, 6.07) is 15.8. The molecule has 6 rings (SSSR count). The topological polar surface area (TPSA) is 97.6 Å². The van der Waals surface area contributed by atoms with Crippen molar-refractivity contribution in [1.29, 1.82) is 0 Å². The number of nitrogens with zero attached hydrogens (tertiary/aromatic N) is 4. The fourth-order valence-corrected chi connectivity index (χ4v) is 5.94. The second-order valence-corrected chi connectivity index (χ2v) is 10.6. The van der Waals surface area contributed by atoms with E-state index in [9.17, 15) is 36.6 Å². The smallest absolute Gasteiger partial charge is 0.416 e. The first kappa shape index (κ1) is 28.3. The van der Waals surface area contributed by atoms with Gasteiger partial charge >= 0.3 is 18.2 Å². The van der Waals surface area contributed by atoms with Crippen molar-refractivity contribution in [2.45, 2.75) is 23.9 Å². The molecule has 2 unspecified atom stereocenters. The summed E-state index contributed by atoms with van der Waals surface area (Å²) in [4.78, 5) is 24.8. The second-order valence-electron chi connectivity index (χ2n) is 10.6. The number of likely N-dealkylation sites (tertiary alicyclic amines) is 1. The van der Waals surface area contributed by atoms with Crippen LogP contribution in [0.2, 0.25) is 0 Å². The number of amides is 1. The lowest BCUT2D eigenvalue weighted by Gasteiger charge is -2.28. The highest BCUT2D eigenvalue weighted by molar-refractivity contribution is 5.92. The van der Waals surface area contributed by atoms with Crippen LogP contribution in [-0.2, 0) is 16.3 Å². The highest BCUT2D eigenvalue weighted by Crippen LogP contribution is 2.70. The molecule has 0 spiro atoms. The number of hydrogen-bond donors (Lipinski definition) is 1. The van der Waals surface area contributed by atoms with Crippen molar-refractivity contribution in [1.82, 2.24) is 19.9 Å². The number of ether oxygens (including phenoxy) is 1. The number of carbonyl (C=O) groups is 2. The van der Waals surface area contributed by atoms with Crippen LogP contribution in [0.5, 0.6) is 0 Å². The van der Waals surface area contributed by atoms with E-state index in [0.717, 1.165) is 17.0 Å². The van der Waals surface area contributed by atoms with Crippen molar-refractivity contribution in [3.05, 3.63) is 89.6 Å². The molecule has 1 saturated heterocycles. The highest BCUT2D eigenvalue weighted by atomic mass is 19.4. The number of aromatic nitrogens is 3. The van der Waals surface area contributed by atoms with Crippen LogP contribution in [0.1, 0.15) is 27.9 Å². The van der Waals surface area contributed by atoms with E-state index in [1.54, 1.807) is 36.4 Å². The molecule has 13 heteroatoms. The minimum atomic E-state index is -4.47. The van der Waals surface area contributed by atoms with Gasteiger partial charge in [0, 0.05) is 18.7 Å². The number of carboxylic acid groups (broad SMARTS) is 1. The van der Waals surface area contributed by atoms with Gasteiger partial charge in [0.15, 0.2) is 0 Å². The minimum Gasteiger partial charge on any atom is -0.465 e. The van der Waals surface area contributed by atoms with Gasteiger partial charge in [-0.1, -0.05) is 41.6 Å². The molecular weight excluding hydrogens is 575 g/mol. The van der Waals surface area contributed by atoms with Crippen LogP contribution >= 0.6 is 0 Å². The number of hydrogen-bond acceptors (Lipinski definition) is 5. The maximum absolute atomic E-state index is 15.0. The summed E-state index contributed by atoms with van der Waals surface area (Å²) in [5.74, 6) is -4.77. The van der Waals surface area contributed by atoms with Gasteiger partial charge in [-0.05, 0) is 53.4 Å². The summed E-state index contributed by atoms with van der Waals surface area (Å²) >= 11 is 0. The van der Waals surface area contributed by atoms with Gasteiger partial charge in [-0.25, -0.2) is 23.1 Å². The van der Waals surface area contributed by atoms with Crippen molar-refractivity contribution in [3.63, 3.8) is 0 Å². The number of carbonyl (C=O) groups excluding carboxylic acids is 1. The summed E-state index contributed by atoms with van der Waals surface area (Å²) in [6.07, 6.45) is -4.18. The molecule has 1 saturated carbocycles. The first-order valence-corrected chi connectivity index (χ1v) is 13.2. The number of benzene rings is 3. The second kappa shape index (κ2) is 9.89. The number of alkyl halides is 5. The van der Waals surface area contributed by atoms with E-state index in [-0.39, 0.29) is 25.1 Å². The van der Waals surface area contributed by atoms with Gasteiger partial charge in [0.25, 0.3) is 5.92 Å². The van der Waals surface area contributed by atoms with Crippen LogP contribution in [0.15, 0.2) is 72.9 Å². The van der Waals surface area contributed by atoms with Crippen LogP contribution < -0.4 is 0 Å². The Morgan fingerprint density at radius 1 is 0.977 bits per heavy atom. The molecule has 2 aliphatic rings. The number of halogens is 5. The molecule has 8 nitrogen and oxygen atoms in total. The normalized spacial score (nSPS) is 20.8. The molecule has 1 amide bonds. The summed E-state index contributed by atoms with van der Waals surface area (Å²) in [7, 11) is 1.23. The lowest BCUT2D eigenvalue weighted by molar-refractivity contribution is -0.137. The molecule has 0 bridgehead atoms. The summed E-state index contributed by atoms with van der Waals surface area (Å²) in [6.45, 7) is -0.221. The molecule has 0 radical (unpaired) electrons. The Morgan fingerprint density at radius 3 is 2.26 bits per heavy atom. The van der Waals surface area contributed by atoms with Crippen molar-refractivity contribution < 1.29 is 41.4 Å². The summed E-state index contributed by atoms with van der Waals surface area (Å²) in [5.41, 5.74) is 0.645. The van der Waals surface area contributed by atoms with Crippen LogP contribution in [0.25, 0.3) is 28.1 Å². The first-order chi connectivity index (χ1) is 20.3. The zero-order valence-corrected chi connectivity index (χ0v) is 22.5. The third kappa shape index (κ3) is 4.68. The van der Waals surface area contributed by atoms with Crippen LogP contribution in [-0.4, -0.2) is 63.2 Å². The van der Waals surface area contributed by atoms with E-state index in [1.807, 2.05) is 0 Å². The molecule has 4 aromatic rings. The monoisotopic (exact) mass is 598 g/mol. The number of rotatable bonds is 5. The van der Waals surface area contributed by atoms with Crippen molar-refractivity contribution >= 4 is 12.1 Å². The van der Waals surface area contributed by atoms with Crippen molar-refractivity contribution in [2.24, 2.45) is 5.92 Å². The Morgan fingerprint density at radius 2 is 1.65 bits per heavy atom. The average Bonchev–Trinajstić information content (AvgIpc) is 3.27. The van der Waals surface area contributed by atoms with E-state index in [4.69, 9.17) is 4.74 Å². The van der Waals surface area contributed by atoms with Crippen LogP contribution in [0.4, 0.5) is 26.7 Å². The van der Waals surface area contributed by atoms with Gasteiger partial charge < -0.3 is 14.7 Å². The maximum atomic E-state index is 15.0. The third-order valence-corrected chi connectivity index (χ3v) is 8.33. The Kier molecular flexibility index (Phi) is 6.51. The molecule has 2 heterocycles. The molecule has 222 valence electrons. The molecule has 2 fully saturated rings. The quantitative estimate of drug-likeness (QED) is 0.214. The maximum Gasteiger partial charge on any atom is 0.416 e. The molecule has 2 atom stereocenters. The van der Waals surface area contributed by atoms with E-state index >= 15 is 0 Å². The lowest BCUT2D eigenvalue weighted by Crippen LogP contribution is -2.39. The number of methoxy groups -OCH3 is 1. The Bertz CT molecular complexity index is 1720. The molecule has 3 aromatic carbocycles. The Balaban J connectivity index is 1.31. The largest absolute Gasteiger partial charge is 0.465 e. The van der Waals surface area contributed by atoms with Gasteiger partial charge in [0.1, 0.15) is 5.69 Å². The van der Waals surface area contributed by atoms with Crippen LogP contribution in [0, 0.1) is 5.92 Å². The lowest BCUT2D eigenvalue weighted by atomic mass is 9.86. The predicted molar refractivity (Wildman–Crippen MR) is 143 cm³/mol. The summed E-state index contributed by atoms with van der Waals surface area (Å²) < 4.78 is 75.1. The van der Waals surface area contributed by atoms with E-state index in [2.05, 4.69) is 10.3 Å². The fraction of sp³-hybridized carbons (Fsp3) is 0.267. The third-order valence-electron chi connectivity index (χ3n) is 8.33. The average molecular weight is 599 g/mol. The van der Waals surface area contributed by atoms with Gasteiger partial charge in [-0.3, -0.25) is 0 Å². The molecule has 1 aliphatic carbocycles. The number of esters is 1. The number of fused-ring (bicyclic) bond motifs is 1. The van der Waals surface area contributed by atoms with Crippen molar-refractivity contribution in [3.8, 4) is 28.1 Å². The summed E-state index contributed by atoms with van der Waals surface area (Å²) in [5, 5.41) is 17.4. The fourth-order valence-electron chi connectivity index (χ4n) is 5.94. The highest BCUT2D eigenvalue weighted by Gasteiger charge is 2.82. The molecule has 1 aromatic heterocycles. The molecular formula is C30H23F5N4O4. The van der Waals surface area contributed by atoms with Gasteiger partial charge in [-0.15, -0.1) is 5.10 Å². The molecule has 43 heavy (non-hydrogen) atoms. The number of piperidine rings is 1. The molecule has 1 N–H and O–H groups in total. The van der Waals surface area contributed by atoms with Crippen molar-refractivity contribution in [2.75, 3.05) is 20.2 Å². The van der Waals surface area contributed by atoms with Gasteiger partial charge in [0.2, 0.25) is 0 Å². The van der Waals surface area contributed by atoms with E-state index in [0.29, 0.717) is 33.6 Å². The Hall–Kier alpha value is -4.81. The van der Waals surface area contributed by atoms with Crippen LogP contribution in [0.3, 0.4) is 0 Å². The standard InChI is InChI=1S/C30H23F5N4O4/c1-43-26(40)20-12-19(13-23(14-20)39-15-24(36-37-39)18-4-8-22(9-5-18)30(33,34)35)17-2-6-21(7-3-17)28-10-11-38(27(41)42)16-25(28)29(28,31)32/h2-9,12-15,25H,10-11,16H2,1H3,(H,41,42). The first-order valence-electron chi connectivity index (χ1n) is 13.2. The predicted octanol–water partition coefficient (Wildman–Crippen LogP) is 6.29. The van der Waals surface area contributed by atoms with Gasteiger partial charge in [-0.2, -0.15) is 13.2 Å². The Labute approximate surface area is 241 Å².